The first-order valence-electron chi connectivity index (χ1n) is 7.64. The van der Waals surface area contributed by atoms with E-state index in [0.717, 1.165) is 10.0 Å². The fraction of sp³-hybridized carbons (Fsp3) is 0.0526. The van der Waals surface area contributed by atoms with Gasteiger partial charge in [-0.2, -0.15) is 0 Å². The number of ether oxygens (including phenoxy) is 1. The van der Waals surface area contributed by atoms with Gasteiger partial charge in [0.05, 0.1) is 9.38 Å². The molecule has 2 aromatic carbocycles. The van der Waals surface area contributed by atoms with Crippen molar-refractivity contribution < 1.29 is 13.9 Å². The van der Waals surface area contributed by atoms with Gasteiger partial charge in [0, 0.05) is 0 Å². The molecule has 1 saturated heterocycles. The smallest absolute Gasteiger partial charge is 0.264 e. The molecule has 0 atom stereocenters. The molecule has 3 rings (SSSR count). The van der Waals surface area contributed by atoms with Crippen molar-refractivity contribution in [2.45, 2.75) is 0 Å². The van der Waals surface area contributed by atoms with E-state index in [0.29, 0.717) is 22.4 Å². The molecule has 0 spiro atoms. The third kappa shape index (κ3) is 4.42. The first-order chi connectivity index (χ1) is 12.6. The van der Waals surface area contributed by atoms with Gasteiger partial charge in [0.2, 0.25) is 0 Å². The number of carbonyl (C=O) groups excluding carboxylic acids is 1. The zero-order chi connectivity index (χ0) is 18.5. The van der Waals surface area contributed by atoms with Gasteiger partial charge in [-0.1, -0.05) is 30.9 Å². The first-order valence-corrected chi connectivity index (χ1v) is 9.25. The predicted molar refractivity (Wildman–Crippen MR) is 107 cm³/mol. The van der Waals surface area contributed by atoms with Crippen LogP contribution in [0.5, 0.6) is 5.75 Å². The second-order valence-corrected chi connectivity index (χ2v) is 7.11. The van der Waals surface area contributed by atoms with Gasteiger partial charge >= 0.3 is 0 Å². The predicted octanol–water partition coefficient (Wildman–Crippen LogP) is 5.04. The summed E-state index contributed by atoms with van der Waals surface area (Å²) in [6, 6.07) is 11.7. The van der Waals surface area contributed by atoms with Crippen molar-refractivity contribution in [3.8, 4) is 5.75 Å². The fourth-order valence-electron chi connectivity index (χ4n) is 2.16. The standard InChI is InChI=1S/C19H14BrFN2O2S/c1-2-9-25-16-8-7-12(10-13(16)20)11-17-18(24)23-19(26-17)22-15-6-4-3-5-14(15)21/h2-8,10-11H,1,9H2,(H,22,23,24)/b17-11-. The van der Waals surface area contributed by atoms with E-state index in [1.165, 1.54) is 17.8 Å². The van der Waals surface area contributed by atoms with Gasteiger partial charge in [0.15, 0.2) is 5.17 Å². The topological polar surface area (TPSA) is 50.7 Å². The zero-order valence-corrected chi connectivity index (χ0v) is 15.9. The maximum atomic E-state index is 13.7. The summed E-state index contributed by atoms with van der Waals surface area (Å²) in [6.07, 6.45) is 3.41. The molecular formula is C19H14BrFN2O2S. The summed E-state index contributed by atoms with van der Waals surface area (Å²) in [6.45, 7) is 4.02. The zero-order valence-electron chi connectivity index (χ0n) is 13.5. The van der Waals surface area contributed by atoms with Gasteiger partial charge < -0.3 is 10.1 Å². The Morgan fingerprint density at radius 2 is 2.12 bits per heavy atom. The molecule has 1 aliphatic heterocycles. The lowest BCUT2D eigenvalue weighted by molar-refractivity contribution is -0.115. The number of amides is 1. The highest BCUT2D eigenvalue weighted by molar-refractivity contribution is 9.10. The minimum absolute atomic E-state index is 0.183. The molecule has 0 aliphatic carbocycles. The minimum atomic E-state index is -0.439. The van der Waals surface area contributed by atoms with Crippen LogP contribution in [-0.2, 0) is 4.79 Å². The lowest BCUT2D eigenvalue weighted by Crippen LogP contribution is -2.19. The summed E-state index contributed by atoms with van der Waals surface area (Å²) in [5.74, 6) is -0.0168. The second kappa shape index (κ2) is 8.33. The molecule has 7 heteroatoms. The molecule has 1 fully saturated rings. The Morgan fingerprint density at radius 3 is 2.85 bits per heavy atom. The molecular weight excluding hydrogens is 419 g/mol. The van der Waals surface area contributed by atoms with Crippen molar-refractivity contribution in [2.75, 3.05) is 6.61 Å². The highest BCUT2D eigenvalue weighted by Crippen LogP contribution is 2.31. The largest absolute Gasteiger partial charge is 0.488 e. The Balaban J connectivity index is 1.79. The van der Waals surface area contributed by atoms with Crippen molar-refractivity contribution >= 4 is 50.5 Å². The number of para-hydroxylation sites is 1. The van der Waals surface area contributed by atoms with E-state index in [1.807, 2.05) is 18.2 Å². The average Bonchev–Trinajstić information content (AvgIpc) is 2.95. The van der Waals surface area contributed by atoms with E-state index in [2.05, 4.69) is 32.8 Å². The maximum absolute atomic E-state index is 13.7. The molecule has 0 saturated carbocycles. The Labute approximate surface area is 163 Å². The second-order valence-electron chi connectivity index (χ2n) is 5.22. The van der Waals surface area contributed by atoms with Crippen LogP contribution in [0.25, 0.3) is 6.08 Å². The Hall–Kier alpha value is -2.38. The molecule has 132 valence electrons. The molecule has 1 heterocycles. The number of nitrogens with one attached hydrogen (secondary N) is 1. The molecule has 1 N–H and O–H groups in total. The monoisotopic (exact) mass is 432 g/mol. The van der Waals surface area contributed by atoms with Crippen LogP contribution in [0.1, 0.15) is 5.56 Å². The SMILES string of the molecule is C=CCOc1ccc(/C=C2\SC(=Nc3ccccc3F)NC2=O)cc1Br. The number of nitrogens with zero attached hydrogens (tertiary/aromatic N) is 1. The van der Waals surface area contributed by atoms with Crippen LogP contribution in [0, 0.1) is 5.82 Å². The molecule has 0 aromatic heterocycles. The third-order valence-corrected chi connectivity index (χ3v) is 4.87. The quantitative estimate of drug-likeness (QED) is 0.531. The van der Waals surface area contributed by atoms with Gasteiger partial charge in [-0.05, 0) is 63.6 Å². The number of hydrogen-bond acceptors (Lipinski definition) is 4. The van der Waals surface area contributed by atoms with E-state index < -0.39 is 5.82 Å². The first kappa shape index (κ1) is 18.4. The number of benzene rings is 2. The van der Waals surface area contributed by atoms with Crippen molar-refractivity contribution in [3.63, 3.8) is 0 Å². The molecule has 0 unspecified atom stereocenters. The normalized spacial score (nSPS) is 16.8. The number of aliphatic imine (C=N–C) groups is 1. The van der Waals surface area contributed by atoms with Crippen LogP contribution in [0.2, 0.25) is 0 Å². The van der Waals surface area contributed by atoms with Crippen LogP contribution in [0.3, 0.4) is 0 Å². The van der Waals surface area contributed by atoms with Crippen molar-refractivity contribution in [1.29, 1.82) is 0 Å². The molecule has 4 nitrogen and oxygen atoms in total. The molecule has 1 aliphatic rings. The Bertz CT molecular complexity index is 928. The Kier molecular flexibility index (Phi) is 5.90. The van der Waals surface area contributed by atoms with E-state index in [9.17, 15) is 9.18 Å². The summed E-state index contributed by atoms with van der Waals surface area (Å²) in [7, 11) is 0. The van der Waals surface area contributed by atoms with Crippen molar-refractivity contribution in [2.24, 2.45) is 4.99 Å². The van der Waals surface area contributed by atoms with Gasteiger partial charge in [0.25, 0.3) is 5.91 Å². The number of carbonyl (C=O) groups is 1. The summed E-state index contributed by atoms with van der Waals surface area (Å²) in [4.78, 5) is 16.8. The van der Waals surface area contributed by atoms with E-state index in [-0.39, 0.29) is 11.6 Å². The molecule has 0 radical (unpaired) electrons. The molecule has 0 bridgehead atoms. The average molecular weight is 433 g/mol. The highest BCUT2D eigenvalue weighted by Gasteiger charge is 2.24. The van der Waals surface area contributed by atoms with Crippen LogP contribution < -0.4 is 10.1 Å². The number of hydrogen-bond donors (Lipinski definition) is 1. The van der Waals surface area contributed by atoms with Gasteiger partial charge in [-0.25, -0.2) is 9.38 Å². The van der Waals surface area contributed by atoms with Gasteiger partial charge in [-0.3, -0.25) is 4.79 Å². The summed E-state index contributed by atoms with van der Waals surface area (Å²) < 4.78 is 20.0. The number of rotatable bonds is 5. The summed E-state index contributed by atoms with van der Waals surface area (Å²) in [5.41, 5.74) is 1.01. The summed E-state index contributed by atoms with van der Waals surface area (Å²) in [5, 5.41) is 2.99. The maximum Gasteiger partial charge on any atom is 0.264 e. The van der Waals surface area contributed by atoms with Crippen LogP contribution in [0.15, 0.2) is 69.5 Å². The van der Waals surface area contributed by atoms with Crippen LogP contribution in [-0.4, -0.2) is 17.7 Å². The molecule has 26 heavy (non-hydrogen) atoms. The lowest BCUT2D eigenvalue weighted by atomic mass is 10.2. The van der Waals surface area contributed by atoms with Crippen molar-refractivity contribution in [1.82, 2.24) is 5.32 Å². The van der Waals surface area contributed by atoms with E-state index in [4.69, 9.17) is 4.74 Å². The Morgan fingerprint density at radius 1 is 1.31 bits per heavy atom. The van der Waals surface area contributed by atoms with E-state index >= 15 is 0 Å². The highest BCUT2D eigenvalue weighted by atomic mass is 79.9. The molecule has 2 aromatic rings. The third-order valence-electron chi connectivity index (χ3n) is 3.34. The van der Waals surface area contributed by atoms with Crippen LogP contribution in [0.4, 0.5) is 10.1 Å². The fourth-order valence-corrected chi connectivity index (χ4v) is 3.50. The summed E-state index contributed by atoms with van der Waals surface area (Å²) >= 11 is 4.61. The number of halogens is 2. The van der Waals surface area contributed by atoms with Gasteiger partial charge in [-0.15, -0.1) is 0 Å². The van der Waals surface area contributed by atoms with Crippen LogP contribution >= 0.6 is 27.7 Å². The van der Waals surface area contributed by atoms with E-state index in [1.54, 1.807) is 30.4 Å². The van der Waals surface area contributed by atoms with Gasteiger partial charge in [0.1, 0.15) is 23.9 Å². The lowest BCUT2D eigenvalue weighted by Gasteiger charge is -2.06. The number of amidine groups is 1. The minimum Gasteiger partial charge on any atom is -0.488 e. The van der Waals surface area contributed by atoms with Crippen molar-refractivity contribution in [3.05, 3.63) is 75.9 Å². The number of thioether (sulfide) groups is 1. The molecule has 1 amide bonds.